The summed E-state index contributed by atoms with van der Waals surface area (Å²) in [5.41, 5.74) is 4.89. The minimum Gasteiger partial charge on any atom is -0.399 e. The van der Waals surface area contributed by atoms with Crippen molar-refractivity contribution in [2.75, 3.05) is 25.6 Å². The normalized spacial score (nSPS) is 18.0. The average molecular weight is 268 g/mol. The van der Waals surface area contributed by atoms with E-state index < -0.39 is 17.3 Å². The zero-order valence-electron chi connectivity index (χ0n) is 10.5. The lowest BCUT2D eigenvalue weighted by Gasteiger charge is -2.36. The summed E-state index contributed by atoms with van der Waals surface area (Å²) in [4.78, 5) is 12.1. The van der Waals surface area contributed by atoms with E-state index in [2.05, 4.69) is 5.32 Å². The van der Waals surface area contributed by atoms with Crippen molar-refractivity contribution in [2.45, 2.75) is 18.4 Å². The number of rotatable bonds is 3. The van der Waals surface area contributed by atoms with E-state index in [4.69, 9.17) is 10.5 Å². The van der Waals surface area contributed by atoms with Crippen molar-refractivity contribution in [3.05, 3.63) is 29.6 Å². The fourth-order valence-corrected chi connectivity index (χ4v) is 2.11. The van der Waals surface area contributed by atoms with Gasteiger partial charge in [-0.05, 0) is 31.0 Å². The smallest absolute Gasteiger partial charge is 0.254 e. The van der Waals surface area contributed by atoms with Crippen LogP contribution in [0.2, 0.25) is 0 Å². The molecule has 0 radical (unpaired) electrons. The van der Waals surface area contributed by atoms with Gasteiger partial charge in [-0.15, -0.1) is 0 Å². The highest BCUT2D eigenvalue weighted by Gasteiger charge is 2.34. The quantitative estimate of drug-likeness (QED) is 0.704. The van der Waals surface area contributed by atoms with Gasteiger partial charge in [-0.1, -0.05) is 0 Å². The summed E-state index contributed by atoms with van der Waals surface area (Å²) < 4.78 is 18.9. The van der Waals surface area contributed by atoms with Crippen LogP contribution in [-0.2, 0) is 4.74 Å². The first kappa shape index (κ1) is 13.8. The third-order valence-corrected chi connectivity index (χ3v) is 3.37. The monoisotopic (exact) mass is 268 g/mol. The van der Waals surface area contributed by atoms with Crippen LogP contribution in [0.5, 0.6) is 0 Å². The largest absolute Gasteiger partial charge is 0.399 e. The molecule has 1 aliphatic heterocycles. The summed E-state index contributed by atoms with van der Waals surface area (Å²) in [6.45, 7) is 0.731. The van der Waals surface area contributed by atoms with Crippen molar-refractivity contribution in [2.24, 2.45) is 0 Å². The lowest BCUT2D eigenvalue weighted by atomic mass is 9.90. The topological polar surface area (TPSA) is 84.6 Å². The number of benzene rings is 1. The molecular weight excluding hydrogens is 251 g/mol. The first-order valence-corrected chi connectivity index (χ1v) is 6.12. The molecule has 6 heteroatoms. The van der Waals surface area contributed by atoms with Gasteiger partial charge in [0.05, 0.1) is 17.7 Å². The van der Waals surface area contributed by atoms with Crippen molar-refractivity contribution in [1.82, 2.24) is 5.32 Å². The maximum atomic E-state index is 13.7. The van der Waals surface area contributed by atoms with Gasteiger partial charge in [-0.2, -0.15) is 0 Å². The van der Waals surface area contributed by atoms with E-state index in [1.807, 2.05) is 0 Å². The number of aliphatic hydroxyl groups is 1. The van der Waals surface area contributed by atoms with Crippen LogP contribution in [0.15, 0.2) is 18.2 Å². The van der Waals surface area contributed by atoms with E-state index >= 15 is 0 Å². The number of ether oxygens (including phenoxy) is 1. The molecule has 1 saturated heterocycles. The lowest BCUT2D eigenvalue weighted by molar-refractivity contribution is 0.0124. The highest BCUT2D eigenvalue weighted by atomic mass is 19.1. The Kier molecular flexibility index (Phi) is 4.01. The number of carbonyl (C=O) groups is 1. The lowest BCUT2D eigenvalue weighted by Crippen LogP contribution is -2.54. The Morgan fingerprint density at radius 1 is 1.47 bits per heavy atom. The predicted octanol–water partition coefficient (Wildman–Crippen LogP) is 0.679. The van der Waals surface area contributed by atoms with Crippen molar-refractivity contribution in [3.63, 3.8) is 0 Å². The highest BCUT2D eigenvalue weighted by Crippen LogP contribution is 2.21. The van der Waals surface area contributed by atoms with Crippen molar-refractivity contribution in [3.8, 4) is 0 Å². The van der Waals surface area contributed by atoms with E-state index in [1.54, 1.807) is 0 Å². The number of nitrogens with one attached hydrogen (secondary N) is 1. The number of anilines is 1. The number of nitrogen functional groups attached to an aromatic ring is 1. The van der Waals surface area contributed by atoms with Crippen LogP contribution in [-0.4, -0.2) is 36.4 Å². The van der Waals surface area contributed by atoms with E-state index in [-0.39, 0.29) is 17.9 Å². The molecule has 1 aliphatic rings. The maximum Gasteiger partial charge on any atom is 0.254 e. The maximum absolute atomic E-state index is 13.7. The number of nitrogens with two attached hydrogens (primary N) is 1. The van der Waals surface area contributed by atoms with Crippen LogP contribution in [0.4, 0.5) is 10.1 Å². The van der Waals surface area contributed by atoms with Gasteiger partial charge in [-0.3, -0.25) is 4.79 Å². The van der Waals surface area contributed by atoms with Crippen molar-refractivity contribution < 1.29 is 19.0 Å². The summed E-state index contributed by atoms with van der Waals surface area (Å²) in [6.07, 6.45) is 1.01. The first-order chi connectivity index (χ1) is 9.06. The summed E-state index contributed by atoms with van der Waals surface area (Å²) in [5.74, 6) is -1.22. The number of aliphatic hydroxyl groups excluding tert-OH is 1. The second-order valence-corrected chi connectivity index (χ2v) is 4.74. The molecule has 0 saturated carbocycles. The Morgan fingerprint density at radius 3 is 2.74 bits per heavy atom. The minimum absolute atomic E-state index is 0.0754. The van der Waals surface area contributed by atoms with Gasteiger partial charge >= 0.3 is 0 Å². The summed E-state index contributed by atoms with van der Waals surface area (Å²) in [7, 11) is 0. The second-order valence-electron chi connectivity index (χ2n) is 4.74. The third-order valence-electron chi connectivity index (χ3n) is 3.37. The fraction of sp³-hybridized carbons (Fsp3) is 0.462. The molecule has 5 nitrogen and oxygen atoms in total. The number of hydrogen-bond acceptors (Lipinski definition) is 4. The molecule has 0 aromatic heterocycles. The molecule has 19 heavy (non-hydrogen) atoms. The Hall–Kier alpha value is -1.66. The van der Waals surface area contributed by atoms with Crippen molar-refractivity contribution >= 4 is 11.6 Å². The zero-order valence-corrected chi connectivity index (χ0v) is 10.5. The SMILES string of the molecule is Nc1ccc(C(=O)NC2(CO)CCOCC2)c(F)c1. The molecule has 0 bridgehead atoms. The van der Waals surface area contributed by atoms with Crippen LogP contribution >= 0.6 is 0 Å². The molecule has 0 spiro atoms. The number of hydrogen-bond donors (Lipinski definition) is 3. The summed E-state index contributed by atoms with van der Waals surface area (Å²) >= 11 is 0. The molecule has 0 aliphatic carbocycles. The Labute approximate surface area is 110 Å². The van der Waals surface area contributed by atoms with Crippen LogP contribution in [0.3, 0.4) is 0 Å². The number of halogens is 1. The second kappa shape index (κ2) is 5.54. The van der Waals surface area contributed by atoms with Gasteiger partial charge in [0.25, 0.3) is 5.91 Å². The Morgan fingerprint density at radius 2 is 2.16 bits per heavy atom. The molecule has 0 atom stereocenters. The minimum atomic E-state index is -0.733. The van der Waals surface area contributed by atoms with E-state index in [9.17, 15) is 14.3 Å². The fourth-order valence-electron chi connectivity index (χ4n) is 2.11. The molecule has 1 heterocycles. The van der Waals surface area contributed by atoms with Gasteiger partial charge in [-0.25, -0.2) is 4.39 Å². The molecule has 4 N–H and O–H groups in total. The number of amides is 1. The number of carbonyl (C=O) groups excluding carboxylic acids is 1. The standard InChI is InChI=1S/C13H17FN2O3/c14-11-7-9(15)1-2-10(11)12(18)16-13(8-17)3-5-19-6-4-13/h1-2,7,17H,3-6,8,15H2,(H,16,18). The average Bonchev–Trinajstić information content (AvgIpc) is 2.39. The molecule has 104 valence electrons. The molecule has 2 rings (SSSR count). The molecule has 0 unspecified atom stereocenters. The van der Waals surface area contributed by atoms with Crippen LogP contribution in [0.25, 0.3) is 0 Å². The van der Waals surface area contributed by atoms with Crippen LogP contribution in [0, 0.1) is 5.82 Å². The molecule has 1 aromatic rings. The van der Waals surface area contributed by atoms with Gasteiger partial charge in [0, 0.05) is 18.9 Å². The first-order valence-electron chi connectivity index (χ1n) is 6.12. The van der Waals surface area contributed by atoms with Crippen LogP contribution < -0.4 is 11.1 Å². The van der Waals surface area contributed by atoms with Crippen LogP contribution in [0.1, 0.15) is 23.2 Å². The van der Waals surface area contributed by atoms with Gasteiger partial charge in [0.2, 0.25) is 0 Å². The van der Waals surface area contributed by atoms with Gasteiger partial charge in [0.1, 0.15) is 5.82 Å². The predicted molar refractivity (Wildman–Crippen MR) is 68.1 cm³/mol. The molecular formula is C13H17FN2O3. The third kappa shape index (κ3) is 3.02. The molecule has 1 fully saturated rings. The highest BCUT2D eigenvalue weighted by molar-refractivity contribution is 5.95. The van der Waals surface area contributed by atoms with E-state index in [0.29, 0.717) is 26.1 Å². The van der Waals surface area contributed by atoms with Crippen molar-refractivity contribution in [1.29, 1.82) is 0 Å². The Bertz CT molecular complexity index is 473. The summed E-state index contributed by atoms with van der Waals surface area (Å²) in [5, 5.41) is 12.2. The molecule has 1 amide bonds. The molecule has 1 aromatic carbocycles. The summed E-state index contributed by atoms with van der Waals surface area (Å²) in [6, 6.07) is 3.91. The van der Waals surface area contributed by atoms with Gasteiger partial charge < -0.3 is 20.9 Å². The Balaban J connectivity index is 2.15. The zero-order chi connectivity index (χ0) is 13.9. The van der Waals surface area contributed by atoms with E-state index in [1.165, 1.54) is 12.1 Å². The van der Waals surface area contributed by atoms with E-state index in [0.717, 1.165) is 6.07 Å². The van der Waals surface area contributed by atoms with Gasteiger partial charge in [0.15, 0.2) is 0 Å².